The van der Waals surface area contributed by atoms with Gasteiger partial charge in [0, 0.05) is 11.6 Å². The number of hydrogen-bond donors (Lipinski definition) is 2. The van der Waals surface area contributed by atoms with Crippen LogP contribution in [0.15, 0.2) is 47.1 Å². The Bertz CT molecular complexity index is 745. The van der Waals surface area contributed by atoms with Crippen LogP contribution >= 0.6 is 0 Å². The molecule has 5 nitrogen and oxygen atoms in total. The molecular formula is C25H36O5. The normalized spacial score (nSPS) is 28.3. The Morgan fingerprint density at radius 3 is 2.63 bits per heavy atom. The second-order valence-corrected chi connectivity index (χ2v) is 8.90. The van der Waals surface area contributed by atoms with Crippen LogP contribution in [0, 0.1) is 11.3 Å². The zero-order valence-corrected chi connectivity index (χ0v) is 18.5. The van der Waals surface area contributed by atoms with Crippen LogP contribution in [0.25, 0.3) is 0 Å². The van der Waals surface area contributed by atoms with Crippen molar-refractivity contribution < 1.29 is 24.5 Å². The Labute approximate surface area is 180 Å². The molecule has 1 fully saturated rings. The third-order valence-electron chi connectivity index (χ3n) is 6.88. The topological polar surface area (TPSA) is 83.8 Å². The Hall–Kier alpha value is -1.98. The van der Waals surface area contributed by atoms with Gasteiger partial charge in [-0.2, -0.15) is 0 Å². The maximum atomic E-state index is 11.4. The Morgan fingerprint density at radius 1 is 1.37 bits per heavy atom. The summed E-state index contributed by atoms with van der Waals surface area (Å²) in [7, 11) is 0. The smallest absolute Gasteiger partial charge is 0.333 e. The quantitative estimate of drug-likeness (QED) is 0.223. The van der Waals surface area contributed by atoms with Crippen molar-refractivity contribution >= 4 is 12.3 Å². The average Bonchev–Trinajstić information content (AvgIpc) is 3.24. The van der Waals surface area contributed by atoms with Crippen molar-refractivity contribution in [2.24, 2.45) is 11.3 Å². The van der Waals surface area contributed by atoms with Crippen LogP contribution < -0.4 is 0 Å². The first-order valence-corrected chi connectivity index (χ1v) is 10.9. The number of aliphatic hydroxyl groups excluding tert-OH is 2. The lowest BCUT2D eigenvalue weighted by Gasteiger charge is -2.35. The van der Waals surface area contributed by atoms with Crippen molar-refractivity contribution in [3.05, 3.63) is 47.1 Å². The SMILES string of the molecule is C=C(C)C1(CCC(C)=CCCC(C=O)=CCC(O)C2=CC(=O)OC2O)CCCC1C. The Morgan fingerprint density at radius 2 is 2.10 bits per heavy atom. The van der Waals surface area contributed by atoms with Crippen molar-refractivity contribution in [2.75, 3.05) is 0 Å². The van der Waals surface area contributed by atoms with Gasteiger partial charge >= 0.3 is 5.97 Å². The van der Waals surface area contributed by atoms with Gasteiger partial charge in [0.25, 0.3) is 0 Å². The molecule has 5 heteroatoms. The molecule has 2 rings (SSSR count). The summed E-state index contributed by atoms with van der Waals surface area (Å²) in [5.41, 5.74) is 3.63. The third kappa shape index (κ3) is 6.02. The van der Waals surface area contributed by atoms with E-state index in [0.29, 0.717) is 17.9 Å². The van der Waals surface area contributed by atoms with Crippen molar-refractivity contribution in [2.45, 2.75) is 84.5 Å². The highest BCUT2D eigenvalue weighted by Crippen LogP contribution is 2.51. The number of cyclic esters (lactones) is 1. The molecule has 1 heterocycles. The zero-order valence-electron chi connectivity index (χ0n) is 18.5. The number of esters is 1. The fourth-order valence-electron chi connectivity index (χ4n) is 4.76. The molecule has 166 valence electrons. The van der Waals surface area contributed by atoms with Gasteiger partial charge in [-0.05, 0) is 75.7 Å². The van der Waals surface area contributed by atoms with Gasteiger partial charge < -0.3 is 14.9 Å². The molecule has 0 aromatic rings. The molecule has 1 aliphatic carbocycles. The molecule has 0 aromatic heterocycles. The molecule has 0 radical (unpaired) electrons. The Balaban J connectivity index is 1.84. The maximum absolute atomic E-state index is 11.4. The highest BCUT2D eigenvalue weighted by atomic mass is 16.6. The van der Waals surface area contributed by atoms with E-state index in [4.69, 9.17) is 0 Å². The monoisotopic (exact) mass is 416 g/mol. The zero-order chi connectivity index (χ0) is 22.3. The molecule has 0 aromatic carbocycles. The Kier molecular flexibility index (Phi) is 8.80. The van der Waals surface area contributed by atoms with Crippen LogP contribution in [-0.2, 0) is 14.3 Å². The summed E-state index contributed by atoms with van der Waals surface area (Å²) in [4.78, 5) is 22.5. The van der Waals surface area contributed by atoms with E-state index >= 15 is 0 Å². The maximum Gasteiger partial charge on any atom is 0.333 e. The fraction of sp³-hybridized carbons (Fsp3) is 0.600. The molecule has 1 saturated carbocycles. The van der Waals surface area contributed by atoms with E-state index < -0.39 is 18.4 Å². The average molecular weight is 417 g/mol. The van der Waals surface area contributed by atoms with Crippen molar-refractivity contribution in [1.29, 1.82) is 0 Å². The number of carbonyl (C=O) groups excluding carboxylic acids is 2. The molecular weight excluding hydrogens is 380 g/mol. The van der Waals surface area contributed by atoms with Gasteiger partial charge in [-0.25, -0.2) is 4.79 Å². The van der Waals surface area contributed by atoms with Gasteiger partial charge in [0.05, 0.1) is 6.10 Å². The molecule has 4 atom stereocenters. The van der Waals surface area contributed by atoms with Crippen LogP contribution in [0.5, 0.6) is 0 Å². The molecule has 0 amide bonds. The first kappa shape index (κ1) is 24.3. The molecule has 30 heavy (non-hydrogen) atoms. The fourth-order valence-corrected chi connectivity index (χ4v) is 4.76. The standard InChI is InChI=1S/C25H36O5/c1-17(2)25(13-6-8-19(25)4)14-12-18(3)7-5-9-20(16-26)10-11-22(27)21-15-23(28)30-24(21)29/h7,10,15-16,19,22,24,27,29H,1,5-6,8-9,11-14H2,2-4H3. The van der Waals surface area contributed by atoms with E-state index in [1.54, 1.807) is 6.08 Å². The molecule has 0 spiro atoms. The lowest BCUT2D eigenvalue weighted by atomic mass is 9.70. The highest BCUT2D eigenvalue weighted by molar-refractivity contribution is 5.85. The van der Waals surface area contributed by atoms with Crippen LogP contribution in [-0.4, -0.2) is 34.9 Å². The van der Waals surface area contributed by atoms with Crippen molar-refractivity contribution in [3.63, 3.8) is 0 Å². The first-order valence-electron chi connectivity index (χ1n) is 10.9. The van der Waals surface area contributed by atoms with E-state index in [-0.39, 0.29) is 17.4 Å². The highest BCUT2D eigenvalue weighted by Gasteiger charge is 2.40. The number of allylic oxidation sites excluding steroid dienone is 4. The van der Waals surface area contributed by atoms with Crippen molar-refractivity contribution in [1.82, 2.24) is 0 Å². The van der Waals surface area contributed by atoms with Gasteiger partial charge in [0.15, 0.2) is 0 Å². The molecule has 0 bridgehead atoms. The van der Waals surface area contributed by atoms with Gasteiger partial charge in [-0.1, -0.05) is 43.2 Å². The predicted octanol–water partition coefficient (Wildman–Crippen LogP) is 4.55. The van der Waals surface area contributed by atoms with Crippen LogP contribution in [0.2, 0.25) is 0 Å². The minimum Gasteiger partial charge on any atom is -0.429 e. The molecule has 2 aliphatic rings. The molecule has 2 N–H and O–H groups in total. The minimum atomic E-state index is -1.41. The summed E-state index contributed by atoms with van der Waals surface area (Å²) < 4.78 is 4.57. The summed E-state index contributed by atoms with van der Waals surface area (Å²) in [5, 5.41) is 19.7. The summed E-state index contributed by atoms with van der Waals surface area (Å²) in [5.74, 6) is 0.0187. The summed E-state index contributed by atoms with van der Waals surface area (Å²) in [6.07, 6.45) is 10.8. The van der Waals surface area contributed by atoms with Crippen LogP contribution in [0.4, 0.5) is 0 Å². The predicted molar refractivity (Wildman–Crippen MR) is 117 cm³/mol. The van der Waals surface area contributed by atoms with E-state index in [1.165, 1.54) is 30.4 Å². The van der Waals surface area contributed by atoms with Crippen LogP contribution in [0.3, 0.4) is 0 Å². The van der Waals surface area contributed by atoms with Gasteiger partial charge in [0.2, 0.25) is 6.29 Å². The van der Waals surface area contributed by atoms with E-state index in [1.807, 2.05) is 0 Å². The van der Waals surface area contributed by atoms with Crippen LogP contribution in [0.1, 0.15) is 72.1 Å². The second-order valence-electron chi connectivity index (χ2n) is 8.90. The van der Waals surface area contributed by atoms with E-state index in [0.717, 1.165) is 31.6 Å². The molecule has 4 unspecified atom stereocenters. The molecule has 0 saturated heterocycles. The number of ether oxygens (including phenoxy) is 1. The van der Waals surface area contributed by atoms with E-state index in [2.05, 4.69) is 38.2 Å². The summed E-state index contributed by atoms with van der Waals surface area (Å²) >= 11 is 0. The number of rotatable bonds is 11. The number of carbonyl (C=O) groups is 2. The van der Waals surface area contributed by atoms with Crippen molar-refractivity contribution in [3.8, 4) is 0 Å². The molecule has 1 aliphatic heterocycles. The summed E-state index contributed by atoms with van der Waals surface area (Å²) in [6, 6.07) is 0. The third-order valence-corrected chi connectivity index (χ3v) is 6.88. The first-order chi connectivity index (χ1) is 14.2. The van der Waals surface area contributed by atoms with Gasteiger partial charge in [-0.15, -0.1) is 0 Å². The van der Waals surface area contributed by atoms with E-state index in [9.17, 15) is 19.8 Å². The lowest BCUT2D eigenvalue weighted by Crippen LogP contribution is -2.24. The lowest BCUT2D eigenvalue weighted by molar-refractivity contribution is -0.151. The van der Waals surface area contributed by atoms with Gasteiger partial charge in [-0.3, -0.25) is 4.79 Å². The second kappa shape index (κ2) is 10.9. The van der Waals surface area contributed by atoms with Gasteiger partial charge in [0.1, 0.15) is 6.29 Å². The number of aldehydes is 1. The summed E-state index contributed by atoms with van der Waals surface area (Å²) in [6.45, 7) is 10.9. The minimum absolute atomic E-state index is 0.129. The number of aliphatic hydroxyl groups is 2. The number of hydrogen-bond acceptors (Lipinski definition) is 5. The largest absolute Gasteiger partial charge is 0.429 e.